The van der Waals surface area contributed by atoms with E-state index >= 15 is 0 Å². The summed E-state index contributed by atoms with van der Waals surface area (Å²) in [7, 11) is 0. The van der Waals surface area contributed by atoms with E-state index in [1.807, 2.05) is 4.90 Å². The van der Waals surface area contributed by atoms with Gasteiger partial charge in [-0.1, -0.05) is 17.4 Å². The quantitative estimate of drug-likeness (QED) is 0.684. The largest absolute Gasteiger partial charge is 0.345 e. The first-order chi connectivity index (χ1) is 12.5. The number of nitrogens with zero attached hydrogens (tertiary/aromatic N) is 3. The number of rotatable bonds is 2. The zero-order chi connectivity index (χ0) is 18.3. The highest BCUT2D eigenvalue weighted by Gasteiger charge is 2.24. The zero-order valence-corrected chi connectivity index (χ0v) is 14.4. The minimum Gasteiger partial charge on any atom is -0.345 e. The molecule has 3 aromatic rings. The van der Waals surface area contributed by atoms with E-state index < -0.39 is 17.5 Å². The third-order valence-electron chi connectivity index (χ3n) is 4.31. The van der Waals surface area contributed by atoms with Crippen molar-refractivity contribution < 1.29 is 18.0 Å². The molecule has 1 fully saturated rings. The normalized spacial score (nSPS) is 14.9. The first-order valence-electron chi connectivity index (χ1n) is 8.06. The first-order valence-corrected chi connectivity index (χ1v) is 8.88. The molecule has 1 aromatic heterocycles. The van der Waals surface area contributed by atoms with Gasteiger partial charge in [0.2, 0.25) is 0 Å². The third-order valence-corrected chi connectivity index (χ3v) is 5.37. The molecule has 0 aliphatic carbocycles. The predicted molar refractivity (Wildman–Crippen MR) is 94.1 cm³/mol. The molecule has 0 bridgehead atoms. The van der Waals surface area contributed by atoms with Gasteiger partial charge in [-0.05, 0) is 24.3 Å². The Hall–Kier alpha value is -2.61. The smallest absolute Gasteiger partial charge is 0.254 e. The summed E-state index contributed by atoms with van der Waals surface area (Å²) in [6.07, 6.45) is 0. The van der Waals surface area contributed by atoms with E-state index in [9.17, 15) is 18.0 Å². The van der Waals surface area contributed by atoms with Gasteiger partial charge in [-0.25, -0.2) is 18.2 Å². The monoisotopic (exact) mass is 377 g/mol. The van der Waals surface area contributed by atoms with Crippen LogP contribution in [0.25, 0.3) is 10.2 Å². The van der Waals surface area contributed by atoms with Gasteiger partial charge < -0.3 is 9.80 Å². The molecule has 8 heteroatoms. The Morgan fingerprint density at radius 1 is 1.00 bits per heavy atom. The molecule has 1 amide bonds. The van der Waals surface area contributed by atoms with Crippen LogP contribution in [0.3, 0.4) is 0 Å². The Morgan fingerprint density at radius 2 is 1.77 bits per heavy atom. The van der Waals surface area contributed by atoms with Gasteiger partial charge in [-0.15, -0.1) is 0 Å². The molecule has 0 spiro atoms. The molecule has 2 aromatic carbocycles. The van der Waals surface area contributed by atoms with Crippen molar-refractivity contribution in [1.29, 1.82) is 0 Å². The number of benzene rings is 2. The summed E-state index contributed by atoms with van der Waals surface area (Å²) in [6, 6.07) is 7.70. The van der Waals surface area contributed by atoms with Crippen molar-refractivity contribution in [2.45, 2.75) is 0 Å². The van der Waals surface area contributed by atoms with Crippen LogP contribution in [0.4, 0.5) is 18.3 Å². The average molecular weight is 377 g/mol. The minimum absolute atomic E-state index is 0.157. The van der Waals surface area contributed by atoms with Crippen molar-refractivity contribution in [3.05, 3.63) is 59.4 Å². The van der Waals surface area contributed by atoms with Crippen molar-refractivity contribution in [2.75, 3.05) is 31.1 Å². The predicted octanol–water partition coefficient (Wildman–Crippen LogP) is 3.68. The maximum atomic E-state index is 13.8. The summed E-state index contributed by atoms with van der Waals surface area (Å²) < 4.78 is 40.9. The van der Waals surface area contributed by atoms with Gasteiger partial charge in [0.1, 0.15) is 17.2 Å². The number of anilines is 1. The summed E-state index contributed by atoms with van der Waals surface area (Å²) in [5, 5.41) is 0.599. The van der Waals surface area contributed by atoms with Crippen LogP contribution in [0.2, 0.25) is 0 Å². The van der Waals surface area contributed by atoms with Crippen LogP contribution in [-0.4, -0.2) is 42.0 Å². The molecular formula is C18H14F3N3OS. The van der Waals surface area contributed by atoms with E-state index in [1.54, 1.807) is 11.0 Å². The first kappa shape index (κ1) is 16.8. The minimum atomic E-state index is -0.678. The molecular weight excluding hydrogens is 363 g/mol. The lowest BCUT2D eigenvalue weighted by molar-refractivity contribution is 0.0746. The number of hydrogen-bond donors (Lipinski definition) is 0. The van der Waals surface area contributed by atoms with E-state index in [0.29, 0.717) is 41.6 Å². The average Bonchev–Trinajstić information content (AvgIpc) is 3.05. The number of hydrogen-bond acceptors (Lipinski definition) is 4. The molecule has 1 saturated heterocycles. The Bertz CT molecular complexity index is 983. The lowest BCUT2D eigenvalue weighted by Gasteiger charge is -2.34. The maximum absolute atomic E-state index is 13.8. The lowest BCUT2D eigenvalue weighted by atomic mass is 10.2. The number of halogens is 3. The molecule has 134 valence electrons. The number of carbonyl (C=O) groups is 1. The van der Waals surface area contributed by atoms with Crippen molar-refractivity contribution >= 4 is 32.6 Å². The Labute approximate surface area is 151 Å². The van der Waals surface area contributed by atoms with Gasteiger partial charge in [0.05, 0.1) is 4.70 Å². The SMILES string of the molecule is O=C(c1cccc(F)c1)N1CCN(c2nc3c(F)cc(F)cc3s2)CC1. The fraction of sp³-hybridized carbons (Fsp3) is 0.222. The number of fused-ring (bicyclic) bond motifs is 1. The Balaban J connectivity index is 1.48. The van der Waals surface area contributed by atoms with Gasteiger partial charge in [-0.3, -0.25) is 4.79 Å². The molecule has 2 heterocycles. The fourth-order valence-corrected chi connectivity index (χ4v) is 4.04. The Kier molecular flexibility index (Phi) is 4.28. The second-order valence-corrected chi connectivity index (χ2v) is 7.03. The van der Waals surface area contributed by atoms with Crippen molar-refractivity contribution in [1.82, 2.24) is 9.88 Å². The summed E-state index contributed by atoms with van der Waals surface area (Å²) in [4.78, 5) is 20.3. The summed E-state index contributed by atoms with van der Waals surface area (Å²) in [5.74, 6) is -1.97. The molecule has 1 aliphatic heterocycles. The molecule has 0 saturated carbocycles. The highest BCUT2D eigenvalue weighted by molar-refractivity contribution is 7.22. The van der Waals surface area contributed by atoms with Gasteiger partial charge in [0.15, 0.2) is 10.9 Å². The molecule has 26 heavy (non-hydrogen) atoms. The molecule has 1 aliphatic rings. The van der Waals surface area contributed by atoms with E-state index in [1.165, 1.54) is 35.6 Å². The summed E-state index contributed by atoms with van der Waals surface area (Å²) in [5.41, 5.74) is 0.473. The number of carbonyl (C=O) groups excluding carboxylic acids is 1. The van der Waals surface area contributed by atoms with Crippen LogP contribution in [0.5, 0.6) is 0 Å². The van der Waals surface area contributed by atoms with Gasteiger partial charge in [-0.2, -0.15) is 0 Å². The van der Waals surface area contributed by atoms with Crippen LogP contribution in [0.1, 0.15) is 10.4 Å². The van der Waals surface area contributed by atoms with E-state index in [2.05, 4.69) is 4.98 Å². The van der Waals surface area contributed by atoms with E-state index in [-0.39, 0.29) is 11.4 Å². The Morgan fingerprint density at radius 3 is 2.50 bits per heavy atom. The van der Waals surface area contributed by atoms with Gasteiger partial charge in [0, 0.05) is 37.8 Å². The number of amides is 1. The topological polar surface area (TPSA) is 36.4 Å². The van der Waals surface area contributed by atoms with Crippen molar-refractivity contribution in [3.63, 3.8) is 0 Å². The molecule has 0 unspecified atom stereocenters. The van der Waals surface area contributed by atoms with Gasteiger partial charge in [0.25, 0.3) is 5.91 Å². The van der Waals surface area contributed by atoms with Crippen LogP contribution < -0.4 is 4.90 Å². The molecule has 4 nitrogen and oxygen atoms in total. The maximum Gasteiger partial charge on any atom is 0.254 e. The standard InChI is InChI=1S/C18H14F3N3OS/c19-12-3-1-2-11(8-12)17(25)23-4-6-24(7-5-23)18-22-16-14(21)9-13(20)10-15(16)26-18/h1-3,8-10H,4-7H2. The lowest BCUT2D eigenvalue weighted by Crippen LogP contribution is -2.48. The molecule has 4 rings (SSSR count). The van der Waals surface area contributed by atoms with Crippen molar-refractivity contribution in [2.24, 2.45) is 0 Å². The van der Waals surface area contributed by atoms with Crippen LogP contribution >= 0.6 is 11.3 Å². The number of thiazole rings is 1. The molecule has 0 radical (unpaired) electrons. The summed E-state index contributed by atoms with van der Waals surface area (Å²) in [6.45, 7) is 1.93. The number of aromatic nitrogens is 1. The van der Waals surface area contributed by atoms with Crippen LogP contribution in [0, 0.1) is 17.5 Å². The van der Waals surface area contributed by atoms with E-state index in [0.717, 1.165) is 6.07 Å². The second-order valence-electron chi connectivity index (χ2n) is 6.02. The van der Waals surface area contributed by atoms with E-state index in [4.69, 9.17) is 0 Å². The van der Waals surface area contributed by atoms with Crippen LogP contribution in [0.15, 0.2) is 36.4 Å². The highest BCUT2D eigenvalue weighted by Crippen LogP contribution is 2.31. The second kappa shape index (κ2) is 6.60. The highest BCUT2D eigenvalue weighted by atomic mass is 32.1. The van der Waals surface area contributed by atoms with Crippen LogP contribution in [-0.2, 0) is 0 Å². The molecule has 0 N–H and O–H groups in total. The molecule has 0 atom stereocenters. The third kappa shape index (κ3) is 3.12. The summed E-state index contributed by atoms with van der Waals surface area (Å²) >= 11 is 1.22. The zero-order valence-electron chi connectivity index (χ0n) is 13.6. The van der Waals surface area contributed by atoms with Crippen molar-refractivity contribution in [3.8, 4) is 0 Å². The fourth-order valence-electron chi connectivity index (χ4n) is 2.99. The number of piperazine rings is 1. The van der Waals surface area contributed by atoms with Gasteiger partial charge >= 0.3 is 0 Å².